The number of esters is 1. The Morgan fingerprint density at radius 2 is 1.82 bits per heavy atom. The van der Waals surface area contributed by atoms with E-state index in [4.69, 9.17) is 4.74 Å². The fourth-order valence-corrected chi connectivity index (χ4v) is 8.89. The van der Waals surface area contributed by atoms with Crippen molar-refractivity contribution in [2.24, 2.45) is 52.3 Å². The van der Waals surface area contributed by atoms with Crippen molar-refractivity contribution in [2.45, 2.75) is 106 Å². The van der Waals surface area contributed by atoms with E-state index in [0.29, 0.717) is 41.3 Å². The second-order valence-electron chi connectivity index (χ2n) is 13.0. The van der Waals surface area contributed by atoms with E-state index in [1.165, 1.54) is 38.2 Å². The molecule has 0 aromatic heterocycles. The van der Waals surface area contributed by atoms with Crippen LogP contribution in [0.15, 0.2) is 23.8 Å². The van der Waals surface area contributed by atoms with Crippen LogP contribution in [0.5, 0.6) is 0 Å². The summed E-state index contributed by atoms with van der Waals surface area (Å²) in [4.78, 5) is 25.2. The van der Waals surface area contributed by atoms with E-state index in [9.17, 15) is 9.59 Å². The number of ketones is 1. The third-order valence-corrected chi connectivity index (χ3v) is 10.9. The molecule has 3 nitrogen and oxygen atoms in total. The van der Waals surface area contributed by atoms with E-state index in [0.717, 1.165) is 25.7 Å². The van der Waals surface area contributed by atoms with Gasteiger partial charge in [0.2, 0.25) is 0 Å². The minimum atomic E-state index is -0.207. The van der Waals surface area contributed by atoms with Gasteiger partial charge in [0.15, 0.2) is 5.78 Å². The summed E-state index contributed by atoms with van der Waals surface area (Å²) < 4.78 is 5.55. The Morgan fingerprint density at radius 3 is 2.47 bits per heavy atom. The minimum Gasteiger partial charge on any atom is -0.462 e. The summed E-state index contributed by atoms with van der Waals surface area (Å²) in [6.45, 7) is 15.8. The maximum Gasteiger partial charge on any atom is 0.302 e. The number of carbonyl (C=O) groups is 2. The Hall–Kier alpha value is -1.38. The van der Waals surface area contributed by atoms with Gasteiger partial charge in [0.25, 0.3) is 0 Å². The molecule has 3 saturated carbocycles. The standard InChI is InChI=1S/C31H48O3/c1-8-22(19(2)3)10-9-20(4)25-11-12-26-29-27(14-16-31(25,26)7)30(6)15-13-24(34-21(5)32)17-23(30)18-28(29)33/h9-10,18-20,22,24-27,29H,8,11-17H2,1-7H3/t20-,22-,24+,25-,26+,27+,29+,30+,31-/m1/s1. The highest BCUT2D eigenvalue weighted by atomic mass is 16.5. The first-order valence-electron chi connectivity index (χ1n) is 14.1. The molecule has 0 bridgehead atoms. The summed E-state index contributed by atoms with van der Waals surface area (Å²) in [5.74, 6) is 3.89. The van der Waals surface area contributed by atoms with Crippen LogP contribution in [0.4, 0.5) is 0 Å². The van der Waals surface area contributed by atoms with Crippen LogP contribution in [0.25, 0.3) is 0 Å². The van der Waals surface area contributed by atoms with E-state index in [1.807, 2.05) is 6.08 Å². The van der Waals surface area contributed by atoms with Crippen molar-refractivity contribution in [3.8, 4) is 0 Å². The molecule has 0 aromatic carbocycles. The number of hydrogen-bond donors (Lipinski definition) is 0. The Morgan fingerprint density at radius 1 is 1.09 bits per heavy atom. The highest BCUT2D eigenvalue weighted by Crippen LogP contribution is 2.66. The highest BCUT2D eigenvalue weighted by Gasteiger charge is 2.61. The molecule has 4 aliphatic carbocycles. The molecular weight excluding hydrogens is 420 g/mol. The lowest BCUT2D eigenvalue weighted by molar-refractivity contribution is -0.149. The minimum absolute atomic E-state index is 0.0590. The van der Waals surface area contributed by atoms with Crippen molar-refractivity contribution in [2.75, 3.05) is 0 Å². The number of ether oxygens (including phenoxy) is 1. The van der Waals surface area contributed by atoms with E-state index in [2.05, 4.69) is 53.7 Å². The first-order valence-corrected chi connectivity index (χ1v) is 14.1. The first kappa shape index (κ1) is 25.7. The van der Waals surface area contributed by atoms with Gasteiger partial charge in [0, 0.05) is 19.3 Å². The molecule has 0 aliphatic heterocycles. The zero-order valence-corrected chi connectivity index (χ0v) is 22.7. The fourth-order valence-electron chi connectivity index (χ4n) is 8.89. The Balaban J connectivity index is 1.55. The molecule has 0 unspecified atom stereocenters. The van der Waals surface area contributed by atoms with Gasteiger partial charge < -0.3 is 4.74 Å². The number of allylic oxidation sites excluding steroid dienone is 3. The number of rotatable bonds is 6. The molecular formula is C31H48O3. The number of fused-ring (bicyclic) bond motifs is 5. The summed E-state index contributed by atoms with van der Waals surface area (Å²) in [6, 6.07) is 0. The van der Waals surface area contributed by atoms with Gasteiger partial charge in [-0.25, -0.2) is 0 Å². The summed E-state index contributed by atoms with van der Waals surface area (Å²) in [5.41, 5.74) is 1.60. The van der Waals surface area contributed by atoms with Crippen molar-refractivity contribution >= 4 is 11.8 Å². The van der Waals surface area contributed by atoms with Crippen LogP contribution in [0.2, 0.25) is 0 Å². The lowest BCUT2D eigenvalue weighted by Gasteiger charge is -2.57. The third-order valence-electron chi connectivity index (χ3n) is 10.9. The molecule has 0 saturated heterocycles. The van der Waals surface area contributed by atoms with E-state index >= 15 is 0 Å². The third kappa shape index (κ3) is 4.35. The van der Waals surface area contributed by atoms with Gasteiger partial charge in [-0.2, -0.15) is 0 Å². The van der Waals surface area contributed by atoms with E-state index in [1.54, 1.807) is 0 Å². The van der Waals surface area contributed by atoms with E-state index < -0.39 is 0 Å². The van der Waals surface area contributed by atoms with Crippen LogP contribution in [0.1, 0.15) is 99.8 Å². The van der Waals surface area contributed by atoms with Crippen LogP contribution in [-0.4, -0.2) is 17.9 Å². The van der Waals surface area contributed by atoms with Gasteiger partial charge in [0.05, 0.1) is 0 Å². The van der Waals surface area contributed by atoms with Crippen molar-refractivity contribution < 1.29 is 14.3 Å². The maximum absolute atomic E-state index is 13.6. The van der Waals surface area contributed by atoms with Gasteiger partial charge in [-0.1, -0.05) is 59.3 Å². The quantitative estimate of drug-likeness (QED) is 0.298. The summed E-state index contributed by atoms with van der Waals surface area (Å²) in [7, 11) is 0. The molecule has 4 aliphatic rings. The zero-order chi connectivity index (χ0) is 24.8. The molecule has 0 radical (unpaired) electrons. The molecule has 34 heavy (non-hydrogen) atoms. The van der Waals surface area contributed by atoms with Crippen molar-refractivity contribution in [3.05, 3.63) is 23.8 Å². The average Bonchev–Trinajstić information content (AvgIpc) is 3.11. The molecule has 4 rings (SSSR count). The maximum atomic E-state index is 13.6. The van der Waals surface area contributed by atoms with Crippen molar-refractivity contribution in [3.63, 3.8) is 0 Å². The molecule has 9 atom stereocenters. The van der Waals surface area contributed by atoms with Gasteiger partial charge in [0.1, 0.15) is 6.10 Å². The van der Waals surface area contributed by atoms with Gasteiger partial charge in [-0.3, -0.25) is 9.59 Å². The molecule has 0 heterocycles. The monoisotopic (exact) mass is 468 g/mol. The lowest BCUT2D eigenvalue weighted by atomic mass is 9.46. The summed E-state index contributed by atoms with van der Waals surface area (Å²) >= 11 is 0. The normalized spacial score (nSPS) is 41.5. The number of hydrogen-bond acceptors (Lipinski definition) is 3. The molecule has 0 spiro atoms. The smallest absolute Gasteiger partial charge is 0.302 e. The Kier molecular flexibility index (Phi) is 7.25. The molecule has 190 valence electrons. The van der Waals surface area contributed by atoms with Crippen LogP contribution in [0, 0.1) is 52.3 Å². The average molecular weight is 469 g/mol. The highest BCUT2D eigenvalue weighted by molar-refractivity contribution is 5.94. The Bertz CT molecular complexity index is 853. The summed E-state index contributed by atoms with van der Waals surface area (Å²) in [6.07, 6.45) is 15.7. The fraction of sp³-hybridized carbons (Fsp3) is 0.806. The van der Waals surface area contributed by atoms with Gasteiger partial charge in [-0.05, 0) is 97.4 Å². The van der Waals surface area contributed by atoms with E-state index in [-0.39, 0.29) is 28.8 Å². The first-order chi connectivity index (χ1) is 16.0. The van der Waals surface area contributed by atoms with Crippen LogP contribution >= 0.6 is 0 Å². The largest absolute Gasteiger partial charge is 0.462 e. The van der Waals surface area contributed by atoms with Crippen molar-refractivity contribution in [1.29, 1.82) is 0 Å². The van der Waals surface area contributed by atoms with Crippen LogP contribution < -0.4 is 0 Å². The van der Waals surface area contributed by atoms with Gasteiger partial charge >= 0.3 is 5.97 Å². The van der Waals surface area contributed by atoms with Gasteiger partial charge in [-0.15, -0.1) is 0 Å². The molecule has 0 amide bonds. The van der Waals surface area contributed by atoms with Crippen LogP contribution in [0.3, 0.4) is 0 Å². The summed E-state index contributed by atoms with van der Waals surface area (Å²) in [5, 5.41) is 0. The predicted octanol–water partition coefficient (Wildman–Crippen LogP) is 7.55. The SMILES string of the molecule is CC[C@H](C=C[C@@H](C)[C@H]1CC[C@H]2[C@@H]3C(=O)C=C4C[C@@H](OC(C)=O)CC[C@]4(C)[C@H]3CC[C@]12C)C(C)C. The molecule has 0 N–H and O–H groups in total. The van der Waals surface area contributed by atoms with Crippen molar-refractivity contribution in [1.82, 2.24) is 0 Å². The second kappa shape index (κ2) is 9.58. The molecule has 3 fully saturated rings. The predicted molar refractivity (Wildman–Crippen MR) is 138 cm³/mol. The topological polar surface area (TPSA) is 43.4 Å². The lowest BCUT2D eigenvalue weighted by Crippen LogP contribution is -2.53. The second-order valence-corrected chi connectivity index (χ2v) is 13.0. The molecule has 3 heteroatoms. The molecule has 0 aromatic rings. The Labute approximate surface area is 208 Å². The van der Waals surface area contributed by atoms with Crippen LogP contribution in [-0.2, 0) is 14.3 Å². The zero-order valence-electron chi connectivity index (χ0n) is 22.7. The number of carbonyl (C=O) groups excluding carboxylic acids is 2.